The fourth-order valence-corrected chi connectivity index (χ4v) is 4.48. The van der Waals surface area contributed by atoms with Crippen molar-refractivity contribution in [2.45, 2.75) is 17.0 Å². The van der Waals surface area contributed by atoms with Crippen LogP contribution in [0.5, 0.6) is 11.5 Å². The second-order valence-electron chi connectivity index (χ2n) is 8.21. The van der Waals surface area contributed by atoms with Crippen LogP contribution in [-0.2, 0) is 51.1 Å². The Kier molecular flexibility index (Phi) is 13.2. The zero-order valence-electron chi connectivity index (χ0n) is 21.1. The third-order valence-corrected chi connectivity index (χ3v) is 6.51. The number of phenols is 1. The minimum Gasteiger partial charge on any atom is -0.665 e. The molecule has 0 saturated heterocycles. The van der Waals surface area contributed by atoms with Crippen LogP contribution >= 0.6 is 0 Å². The number of para-hydroxylation sites is 1. The molecule has 0 fully saturated rings. The molecule has 2 aromatic rings. The van der Waals surface area contributed by atoms with E-state index in [0.29, 0.717) is 0 Å². The normalized spacial score (nSPS) is 12.7. The number of nitrogens with zero attached hydrogens (tertiary/aromatic N) is 2. The maximum absolute atomic E-state index is 12.4. The Balaban J connectivity index is 0.00000840. The van der Waals surface area contributed by atoms with Crippen molar-refractivity contribution < 1.29 is 79.1 Å². The van der Waals surface area contributed by atoms with Crippen LogP contribution in [0, 0.1) is 14.2 Å². The molecule has 0 aliphatic rings. The minimum absolute atomic E-state index is 0. The quantitative estimate of drug-likeness (QED) is 0.0787. The van der Waals surface area contributed by atoms with Gasteiger partial charge >= 0.3 is 17.9 Å². The summed E-state index contributed by atoms with van der Waals surface area (Å²) in [6, 6.07) is 4.47. The average Bonchev–Trinajstić information content (AvgIpc) is 2.86. The van der Waals surface area contributed by atoms with Crippen molar-refractivity contribution in [3.8, 4) is 11.5 Å². The van der Waals surface area contributed by atoms with E-state index < -0.39 is 88.5 Å². The molecule has 0 aromatic heterocycles. The maximum atomic E-state index is 12.4. The van der Waals surface area contributed by atoms with Crippen molar-refractivity contribution >= 4 is 34.0 Å². The third-order valence-electron chi connectivity index (χ3n) is 5.66. The molecule has 15 nitrogen and oxygen atoms in total. The Bertz CT molecular complexity index is 1370. The van der Waals surface area contributed by atoms with Gasteiger partial charge in [0.2, 0.25) is 0 Å². The van der Waals surface area contributed by atoms with Gasteiger partial charge in [-0.2, -0.15) is 22.6 Å². The first-order chi connectivity index (χ1) is 18.7. The summed E-state index contributed by atoms with van der Waals surface area (Å²) in [6.45, 7) is -2.67. The molecule has 0 spiro atoms. The third kappa shape index (κ3) is 9.41. The molecule has 0 amide bonds. The van der Waals surface area contributed by atoms with E-state index in [1.165, 1.54) is 24.3 Å². The zero-order chi connectivity index (χ0) is 30.2. The molecule has 1 unspecified atom stereocenters. The number of hydrogen-bond donors (Lipinski definition) is 5. The van der Waals surface area contributed by atoms with E-state index in [-0.39, 0.29) is 28.4 Å². The topological polar surface area (TPSA) is 229 Å². The number of carboxylic acids is 3. The van der Waals surface area contributed by atoms with Crippen molar-refractivity contribution in [1.29, 1.82) is 0 Å². The summed E-state index contributed by atoms with van der Waals surface area (Å²) in [5, 5.41) is 39.7. The number of phenolic OH excluding ortho intramolecular Hbond substituents is 1. The SMILES string of the molecule is [CH2-]OC(=O)CN(CCN(CC(=O)O)C(C(=O)O)c1cc(S(=O)(=O)O)ccc1O[CH2-])[C@H](C(=O)O)c1ccccc1O.[Mn]. The Morgan fingerprint density at radius 1 is 0.854 bits per heavy atom. The molecule has 41 heavy (non-hydrogen) atoms. The summed E-state index contributed by atoms with van der Waals surface area (Å²) >= 11 is 0. The first-order valence-corrected chi connectivity index (χ1v) is 12.6. The van der Waals surface area contributed by atoms with Crippen LogP contribution in [-0.4, -0.2) is 93.3 Å². The molecule has 2 aromatic carbocycles. The van der Waals surface area contributed by atoms with Gasteiger partial charge in [-0.1, -0.05) is 18.2 Å². The van der Waals surface area contributed by atoms with Gasteiger partial charge in [0.25, 0.3) is 16.1 Å². The molecule has 2 rings (SSSR count). The van der Waals surface area contributed by atoms with E-state index in [2.05, 4.69) is 19.0 Å². The number of carboxylic acid groups (broad SMARTS) is 3. The summed E-state index contributed by atoms with van der Waals surface area (Å²) in [5.74, 6) is -6.35. The smallest absolute Gasteiger partial charge is 0.325 e. The van der Waals surface area contributed by atoms with Crippen molar-refractivity contribution in [1.82, 2.24) is 9.80 Å². The number of aliphatic carboxylic acids is 3. The Hall–Kier alpha value is -3.73. The van der Waals surface area contributed by atoms with Gasteiger partial charge in [-0.25, -0.2) is 0 Å². The summed E-state index contributed by atoms with van der Waals surface area (Å²) in [4.78, 5) is 49.5. The Morgan fingerprint density at radius 3 is 1.85 bits per heavy atom. The predicted molar refractivity (Wildman–Crippen MR) is 133 cm³/mol. The molecule has 5 N–H and O–H groups in total. The number of rotatable bonds is 15. The van der Waals surface area contributed by atoms with Gasteiger partial charge in [-0.05, 0) is 24.3 Å². The Labute approximate surface area is 245 Å². The minimum atomic E-state index is -4.81. The van der Waals surface area contributed by atoms with Crippen LogP contribution in [0.1, 0.15) is 23.2 Å². The van der Waals surface area contributed by atoms with E-state index >= 15 is 0 Å². The van der Waals surface area contributed by atoms with Crippen LogP contribution < -0.4 is 4.74 Å². The molecule has 1 radical (unpaired) electrons. The van der Waals surface area contributed by atoms with Crippen LogP contribution in [0.4, 0.5) is 0 Å². The van der Waals surface area contributed by atoms with Gasteiger partial charge in [-0.3, -0.25) is 33.5 Å². The summed E-state index contributed by atoms with van der Waals surface area (Å²) < 4.78 is 42.1. The number of aromatic hydroxyl groups is 1. The number of ether oxygens (including phenoxy) is 2. The molecule has 17 heteroatoms. The molecule has 0 bridgehead atoms. The van der Waals surface area contributed by atoms with Gasteiger partial charge in [-0.15, -0.1) is 0 Å². The Morgan fingerprint density at radius 2 is 1.39 bits per heavy atom. The summed E-state index contributed by atoms with van der Waals surface area (Å²) in [5.41, 5.74) is -0.516. The molecular formula is C24H26MnN2O13S-2. The molecule has 0 aliphatic heterocycles. The standard InChI is InChI=1S/C24H26N2O13S.Mn/c1-38-18-8-7-14(40(35,36)37)11-16(18)22(24(33)34)25(12-19(28)29)9-10-26(13-20(30)39-2)21(23(31)32)15-5-3-4-6-17(15)27;/h3-8,11,21-22,27H,1-2,9-10,12-13H2,(H,28,29)(H,31,32)(H,33,34)(H,35,36,37);/q-2;/t21-,22?;/m0./s1. The molecule has 0 saturated carbocycles. The number of esters is 1. The predicted octanol–water partition coefficient (Wildman–Crippen LogP) is 0.782. The van der Waals surface area contributed by atoms with Gasteiger partial charge in [0.1, 0.15) is 17.8 Å². The second kappa shape index (κ2) is 15.3. The van der Waals surface area contributed by atoms with E-state index in [9.17, 15) is 52.6 Å². The first kappa shape index (κ1) is 35.3. The van der Waals surface area contributed by atoms with Crippen molar-refractivity contribution in [2.24, 2.45) is 0 Å². The first-order valence-electron chi connectivity index (χ1n) is 11.1. The zero-order valence-corrected chi connectivity index (χ0v) is 23.1. The van der Waals surface area contributed by atoms with Crippen molar-refractivity contribution in [3.63, 3.8) is 0 Å². The molecule has 0 aliphatic carbocycles. The largest absolute Gasteiger partial charge is 0.665 e. The van der Waals surface area contributed by atoms with E-state index in [1.807, 2.05) is 0 Å². The van der Waals surface area contributed by atoms with Gasteiger partial charge in [0.15, 0.2) is 0 Å². The van der Waals surface area contributed by atoms with Gasteiger partial charge in [0, 0.05) is 41.3 Å². The second-order valence-corrected chi connectivity index (χ2v) is 9.63. The summed E-state index contributed by atoms with van der Waals surface area (Å²) in [7, 11) is 1.34. The molecule has 0 heterocycles. The number of carbonyl (C=O) groups excluding carboxylic acids is 1. The fraction of sp³-hybridized carbons (Fsp3) is 0.250. The average molecular weight is 637 g/mol. The molecule has 2 atom stereocenters. The maximum Gasteiger partial charge on any atom is 0.325 e. The summed E-state index contributed by atoms with van der Waals surface area (Å²) in [6.07, 6.45) is 0. The van der Waals surface area contributed by atoms with E-state index in [1.54, 1.807) is 0 Å². The van der Waals surface area contributed by atoms with Gasteiger partial charge < -0.3 is 29.9 Å². The van der Waals surface area contributed by atoms with E-state index in [0.717, 1.165) is 28.0 Å². The number of carbonyl (C=O) groups is 4. The van der Waals surface area contributed by atoms with E-state index in [4.69, 9.17) is 4.74 Å². The van der Waals surface area contributed by atoms with Crippen LogP contribution in [0.2, 0.25) is 0 Å². The van der Waals surface area contributed by atoms with Crippen molar-refractivity contribution in [2.75, 3.05) is 26.2 Å². The van der Waals surface area contributed by atoms with Crippen LogP contribution in [0.3, 0.4) is 0 Å². The van der Waals surface area contributed by atoms with Crippen LogP contribution in [0.15, 0.2) is 47.4 Å². The monoisotopic (exact) mass is 637 g/mol. The number of benzene rings is 2. The van der Waals surface area contributed by atoms with Crippen molar-refractivity contribution in [3.05, 3.63) is 67.8 Å². The molecule has 225 valence electrons. The van der Waals surface area contributed by atoms with Crippen LogP contribution in [0.25, 0.3) is 0 Å². The molecular weight excluding hydrogens is 611 g/mol. The van der Waals surface area contributed by atoms with Gasteiger partial charge in [0.05, 0.1) is 23.7 Å². The number of hydrogen-bond acceptors (Lipinski definition) is 11. The fourth-order valence-electron chi connectivity index (χ4n) is 3.96.